The molecular formula is C13H11ClN4. The van der Waals surface area contributed by atoms with Crippen LogP contribution in [0.1, 0.15) is 11.3 Å². The summed E-state index contributed by atoms with van der Waals surface area (Å²) in [5.74, 6) is 0.726. The van der Waals surface area contributed by atoms with Crippen molar-refractivity contribution in [1.82, 2.24) is 9.97 Å². The Hall–Kier alpha value is -2.12. The first-order valence-electron chi connectivity index (χ1n) is 5.37. The van der Waals surface area contributed by atoms with Crippen molar-refractivity contribution in [3.05, 3.63) is 52.9 Å². The third kappa shape index (κ3) is 2.96. The second kappa shape index (κ2) is 5.48. The van der Waals surface area contributed by atoms with Gasteiger partial charge in [0.15, 0.2) is 5.69 Å². The number of hydrogen-bond acceptors (Lipinski definition) is 4. The number of anilines is 1. The molecule has 2 rings (SSSR count). The van der Waals surface area contributed by atoms with Crippen LogP contribution < -0.4 is 4.90 Å². The summed E-state index contributed by atoms with van der Waals surface area (Å²) in [5.41, 5.74) is 1.45. The molecule has 5 heteroatoms. The van der Waals surface area contributed by atoms with E-state index in [2.05, 4.69) is 9.97 Å². The molecule has 0 aliphatic carbocycles. The molecule has 90 valence electrons. The van der Waals surface area contributed by atoms with Gasteiger partial charge in [-0.3, -0.25) is 0 Å². The summed E-state index contributed by atoms with van der Waals surface area (Å²) in [6, 6.07) is 9.59. The van der Waals surface area contributed by atoms with E-state index in [0.29, 0.717) is 12.2 Å². The fourth-order valence-corrected chi connectivity index (χ4v) is 1.65. The maximum atomic E-state index is 8.65. The molecule has 0 saturated carbocycles. The minimum atomic E-state index is 0.318. The smallest absolute Gasteiger partial charge is 0.158 e. The highest BCUT2D eigenvalue weighted by Gasteiger charge is 2.04. The Morgan fingerprint density at radius 3 is 2.50 bits per heavy atom. The lowest BCUT2D eigenvalue weighted by Crippen LogP contribution is -2.17. The first-order valence-corrected chi connectivity index (χ1v) is 5.74. The summed E-state index contributed by atoms with van der Waals surface area (Å²) in [6.45, 7) is 0.706. The van der Waals surface area contributed by atoms with Crippen molar-refractivity contribution in [3.63, 3.8) is 0 Å². The molecule has 0 aliphatic rings. The van der Waals surface area contributed by atoms with Crippen molar-refractivity contribution in [1.29, 1.82) is 5.26 Å². The van der Waals surface area contributed by atoms with Crippen LogP contribution in [0.2, 0.25) is 5.02 Å². The van der Waals surface area contributed by atoms with Crippen LogP contribution in [0, 0.1) is 11.3 Å². The first kappa shape index (κ1) is 12.3. The molecule has 2 aromatic rings. The van der Waals surface area contributed by atoms with Gasteiger partial charge in [0.05, 0.1) is 12.4 Å². The Labute approximate surface area is 110 Å². The molecule has 1 aromatic carbocycles. The maximum Gasteiger partial charge on any atom is 0.158 e. The molecule has 0 amide bonds. The molecule has 4 nitrogen and oxygen atoms in total. The zero-order chi connectivity index (χ0) is 13.0. The molecule has 0 bridgehead atoms. The molecule has 0 spiro atoms. The number of rotatable bonds is 3. The van der Waals surface area contributed by atoms with Gasteiger partial charge in [0.1, 0.15) is 11.9 Å². The molecule has 0 unspecified atom stereocenters. The second-order valence-corrected chi connectivity index (χ2v) is 4.29. The van der Waals surface area contributed by atoms with Gasteiger partial charge in [-0.1, -0.05) is 23.7 Å². The lowest BCUT2D eigenvalue weighted by atomic mass is 10.2. The number of aromatic nitrogens is 2. The largest absolute Gasteiger partial charge is 0.354 e. The normalized spacial score (nSPS) is 9.83. The van der Waals surface area contributed by atoms with Crippen LogP contribution >= 0.6 is 11.6 Å². The van der Waals surface area contributed by atoms with E-state index in [-0.39, 0.29) is 0 Å². The average Bonchev–Trinajstić information content (AvgIpc) is 2.41. The fraction of sp³-hybridized carbons (Fsp3) is 0.154. The summed E-state index contributed by atoms with van der Waals surface area (Å²) in [7, 11) is 1.92. The number of nitriles is 1. The third-order valence-electron chi connectivity index (χ3n) is 2.48. The minimum absolute atomic E-state index is 0.318. The quantitative estimate of drug-likeness (QED) is 0.849. The van der Waals surface area contributed by atoms with Gasteiger partial charge >= 0.3 is 0 Å². The molecule has 1 aromatic heterocycles. The number of hydrogen-bond donors (Lipinski definition) is 0. The van der Waals surface area contributed by atoms with Gasteiger partial charge in [-0.05, 0) is 17.7 Å². The third-order valence-corrected chi connectivity index (χ3v) is 2.73. The number of halogens is 1. The molecule has 0 atom stereocenters. The Morgan fingerprint density at radius 2 is 1.94 bits per heavy atom. The van der Waals surface area contributed by atoms with Gasteiger partial charge in [-0.15, -0.1) is 0 Å². The van der Waals surface area contributed by atoms with Crippen LogP contribution in [0.4, 0.5) is 5.82 Å². The Balaban J connectivity index is 2.09. The summed E-state index contributed by atoms with van der Waals surface area (Å²) in [6.07, 6.45) is 3.06. The Morgan fingerprint density at radius 1 is 1.22 bits per heavy atom. The van der Waals surface area contributed by atoms with E-state index < -0.39 is 0 Å². The highest BCUT2D eigenvalue weighted by molar-refractivity contribution is 6.30. The zero-order valence-electron chi connectivity index (χ0n) is 9.84. The molecule has 0 N–H and O–H groups in total. The van der Waals surface area contributed by atoms with Crippen LogP contribution in [-0.2, 0) is 6.54 Å². The van der Waals surface area contributed by atoms with E-state index in [1.54, 1.807) is 6.20 Å². The lowest BCUT2D eigenvalue weighted by molar-refractivity contribution is 0.888. The highest BCUT2D eigenvalue weighted by atomic mass is 35.5. The molecule has 1 heterocycles. The van der Waals surface area contributed by atoms with Gasteiger partial charge in [0, 0.05) is 18.6 Å². The monoisotopic (exact) mass is 258 g/mol. The number of benzene rings is 1. The van der Waals surface area contributed by atoms with Crippen molar-refractivity contribution in [3.8, 4) is 6.07 Å². The van der Waals surface area contributed by atoms with Gasteiger partial charge in [0.2, 0.25) is 0 Å². The predicted molar refractivity (Wildman–Crippen MR) is 70.3 cm³/mol. The Kier molecular flexibility index (Phi) is 3.75. The van der Waals surface area contributed by atoms with E-state index in [9.17, 15) is 0 Å². The van der Waals surface area contributed by atoms with Crippen LogP contribution in [0.25, 0.3) is 0 Å². The topological polar surface area (TPSA) is 52.8 Å². The van der Waals surface area contributed by atoms with E-state index in [1.165, 1.54) is 6.20 Å². The van der Waals surface area contributed by atoms with Crippen LogP contribution in [0.3, 0.4) is 0 Å². The van der Waals surface area contributed by atoms with Crippen LogP contribution in [-0.4, -0.2) is 17.0 Å². The van der Waals surface area contributed by atoms with Gasteiger partial charge in [-0.2, -0.15) is 5.26 Å². The summed E-state index contributed by atoms with van der Waals surface area (Å²) >= 11 is 5.83. The van der Waals surface area contributed by atoms with E-state index >= 15 is 0 Å². The second-order valence-electron chi connectivity index (χ2n) is 3.85. The predicted octanol–water partition coefficient (Wildman–Crippen LogP) is 2.64. The molecule has 0 aliphatic heterocycles. The van der Waals surface area contributed by atoms with E-state index in [1.807, 2.05) is 42.3 Å². The van der Waals surface area contributed by atoms with Crippen LogP contribution in [0.5, 0.6) is 0 Å². The molecule has 0 saturated heterocycles. The zero-order valence-corrected chi connectivity index (χ0v) is 10.6. The molecular weight excluding hydrogens is 248 g/mol. The molecule has 0 radical (unpaired) electrons. The summed E-state index contributed by atoms with van der Waals surface area (Å²) in [4.78, 5) is 10.1. The van der Waals surface area contributed by atoms with Crippen molar-refractivity contribution in [2.24, 2.45) is 0 Å². The fourth-order valence-electron chi connectivity index (χ4n) is 1.52. The van der Waals surface area contributed by atoms with Gasteiger partial charge in [-0.25, -0.2) is 9.97 Å². The first-order chi connectivity index (χ1) is 8.69. The SMILES string of the molecule is CN(Cc1ccc(Cl)cc1)c1cnc(C#N)cn1. The van der Waals surface area contributed by atoms with Crippen molar-refractivity contribution in [2.45, 2.75) is 6.54 Å². The van der Waals surface area contributed by atoms with Crippen molar-refractivity contribution >= 4 is 17.4 Å². The van der Waals surface area contributed by atoms with E-state index in [0.717, 1.165) is 16.4 Å². The minimum Gasteiger partial charge on any atom is -0.354 e. The van der Waals surface area contributed by atoms with E-state index in [4.69, 9.17) is 16.9 Å². The van der Waals surface area contributed by atoms with Gasteiger partial charge < -0.3 is 4.90 Å². The highest BCUT2D eigenvalue weighted by Crippen LogP contribution is 2.14. The lowest BCUT2D eigenvalue weighted by Gasteiger charge is -2.17. The van der Waals surface area contributed by atoms with Crippen molar-refractivity contribution in [2.75, 3.05) is 11.9 Å². The van der Waals surface area contributed by atoms with Crippen molar-refractivity contribution < 1.29 is 0 Å². The maximum absolute atomic E-state index is 8.65. The summed E-state index contributed by atoms with van der Waals surface area (Å²) in [5, 5.41) is 9.37. The average molecular weight is 259 g/mol. The van der Waals surface area contributed by atoms with Gasteiger partial charge in [0.25, 0.3) is 0 Å². The summed E-state index contributed by atoms with van der Waals surface area (Å²) < 4.78 is 0. The standard InChI is InChI=1S/C13H11ClN4/c1-18(9-10-2-4-11(14)5-3-10)13-8-16-12(6-15)7-17-13/h2-5,7-8H,9H2,1H3. The molecule has 18 heavy (non-hydrogen) atoms. The molecule has 0 fully saturated rings. The number of nitrogens with zero attached hydrogens (tertiary/aromatic N) is 4. The Bertz CT molecular complexity index is 557. The van der Waals surface area contributed by atoms with Crippen LogP contribution in [0.15, 0.2) is 36.7 Å².